The number of carbonyl (C=O) groups is 1. The Balaban J connectivity index is 2.05. The second kappa shape index (κ2) is 6.58. The summed E-state index contributed by atoms with van der Waals surface area (Å²) in [6.45, 7) is 1.94. The predicted octanol–water partition coefficient (Wildman–Crippen LogP) is 4.08. The number of aryl methyl sites for hydroxylation is 1. The summed E-state index contributed by atoms with van der Waals surface area (Å²) in [5.41, 5.74) is 4.01. The third-order valence-electron chi connectivity index (χ3n) is 3.73. The Kier molecular flexibility index (Phi) is 4.33. The number of rotatable bonds is 4. The second-order valence-electron chi connectivity index (χ2n) is 5.39. The fourth-order valence-electron chi connectivity index (χ4n) is 2.54. The topological polar surface area (TPSA) is 60.5 Å². The Hall–Kier alpha value is -3.08. The maximum absolute atomic E-state index is 11.8. The van der Waals surface area contributed by atoms with Gasteiger partial charge in [0.2, 0.25) is 0 Å². The molecule has 0 aliphatic heterocycles. The zero-order valence-electron chi connectivity index (χ0n) is 13.8. The van der Waals surface area contributed by atoms with Crippen LogP contribution in [0.3, 0.4) is 0 Å². The predicted molar refractivity (Wildman–Crippen MR) is 94.1 cm³/mol. The largest absolute Gasteiger partial charge is 0.497 e. The van der Waals surface area contributed by atoms with Crippen molar-refractivity contribution in [3.8, 4) is 5.75 Å². The molecule has 3 aromatic rings. The molecule has 24 heavy (non-hydrogen) atoms. The van der Waals surface area contributed by atoms with Crippen molar-refractivity contribution in [2.24, 2.45) is 0 Å². The average Bonchev–Trinajstić information content (AvgIpc) is 2.61. The lowest BCUT2D eigenvalue weighted by atomic mass is 10.1. The van der Waals surface area contributed by atoms with E-state index in [9.17, 15) is 4.79 Å². The number of methoxy groups -OCH3 is 2. The van der Waals surface area contributed by atoms with Gasteiger partial charge >= 0.3 is 5.97 Å². The molecule has 5 heteroatoms. The number of esters is 1. The molecule has 1 N–H and O–H groups in total. The molecule has 0 saturated heterocycles. The van der Waals surface area contributed by atoms with E-state index in [0.29, 0.717) is 5.56 Å². The van der Waals surface area contributed by atoms with Crippen LogP contribution in [-0.2, 0) is 4.74 Å². The first-order valence-corrected chi connectivity index (χ1v) is 7.51. The Morgan fingerprint density at radius 3 is 2.46 bits per heavy atom. The van der Waals surface area contributed by atoms with Crippen LogP contribution in [0.25, 0.3) is 10.9 Å². The van der Waals surface area contributed by atoms with Crippen LogP contribution >= 0.6 is 0 Å². The Bertz CT molecular complexity index is 889. The third-order valence-corrected chi connectivity index (χ3v) is 3.73. The van der Waals surface area contributed by atoms with Crippen LogP contribution in [0.4, 0.5) is 11.4 Å². The van der Waals surface area contributed by atoms with Crippen LogP contribution in [-0.4, -0.2) is 25.2 Å². The summed E-state index contributed by atoms with van der Waals surface area (Å²) in [4.78, 5) is 16.3. The molecule has 0 saturated carbocycles. The molecule has 0 radical (unpaired) electrons. The molecule has 5 nitrogen and oxygen atoms in total. The van der Waals surface area contributed by atoms with Crippen LogP contribution in [0, 0.1) is 6.92 Å². The minimum Gasteiger partial charge on any atom is -0.497 e. The molecule has 0 atom stereocenters. The first-order valence-electron chi connectivity index (χ1n) is 7.51. The van der Waals surface area contributed by atoms with Crippen molar-refractivity contribution in [1.29, 1.82) is 0 Å². The van der Waals surface area contributed by atoms with Gasteiger partial charge in [-0.2, -0.15) is 0 Å². The molecule has 1 aromatic heterocycles. The van der Waals surface area contributed by atoms with E-state index in [2.05, 4.69) is 10.3 Å². The van der Waals surface area contributed by atoms with E-state index in [0.717, 1.165) is 33.7 Å². The van der Waals surface area contributed by atoms with Gasteiger partial charge in [-0.25, -0.2) is 4.79 Å². The van der Waals surface area contributed by atoms with Crippen molar-refractivity contribution >= 4 is 28.2 Å². The van der Waals surface area contributed by atoms with Gasteiger partial charge in [-0.3, -0.25) is 4.98 Å². The zero-order chi connectivity index (χ0) is 17.1. The lowest BCUT2D eigenvalue weighted by Gasteiger charge is -2.12. The summed E-state index contributed by atoms with van der Waals surface area (Å²) in [7, 11) is 3.01. The van der Waals surface area contributed by atoms with Crippen molar-refractivity contribution in [2.75, 3.05) is 19.5 Å². The van der Waals surface area contributed by atoms with Gasteiger partial charge in [-0.05, 0) is 55.5 Å². The van der Waals surface area contributed by atoms with E-state index in [1.54, 1.807) is 19.2 Å². The maximum atomic E-state index is 11.8. The van der Waals surface area contributed by atoms with Crippen molar-refractivity contribution in [1.82, 2.24) is 4.98 Å². The van der Waals surface area contributed by atoms with Gasteiger partial charge in [0.25, 0.3) is 0 Å². The number of nitrogens with zero attached hydrogens (tertiary/aromatic N) is 1. The number of aromatic nitrogens is 1. The Labute approximate surface area is 140 Å². The summed E-state index contributed by atoms with van der Waals surface area (Å²) in [6, 6.07) is 14.9. The molecule has 0 fully saturated rings. The number of fused-ring (bicyclic) bond motifs is 1. The number of hydrogen-bond donors (Lipinski definition) is 1. The average molecular weight is 322 g/mol. The van der Waals surface area contributed by atoms with E-state index < -0.39 is 0 Å². The molecular formula is C19H18N2O3. The van der Waals surface area contributed by atoms with Gasteiger partial charge in [-0.15, -0.1) is 0 Å². The minimum atomic E-state index is -0.368. The SMILES string of the molecule is COC(=O)c1ccc2nc(C)cc(Nc3ccc(OC)cc3)c2c1. The number of nitrogens with one attached hydrogen (secondary N) is 1. The minimum absolute atomic E-state index is 0.368. The molecule has 0 aliphatic rings. The Morgan fingerprint density at radius 2 is 1.79 bits per heavy atom. The van der Waals surface area contributed by atoms with Crippen LogP contribution in [0.2, 0.25) is 0 Å². The van der Waals surface area contributed by atoms with Gasteiger partial charge in [0.05, 0.1) is 25.3 Å². The monoisotopic (exact) mass is 322 g/mol. The lowest BCUT2D eigenvalue weighted by Crippen LogP contribution is -2.02. The van der Waals surface area contributed by atoms with Gasteiger partial charge in [0.15, 0.2) is 0 Å². The van der Waals surface area contributed by atoms with Crippen LogP contribution in [0.15, 0.2) is 48.5 Å². The molecule has 2 aromatic carbocycles. The van der Waals surface area contributed by atoms with E-state index in [1.165, 1.54) is 7.11 Å². The Morgan fingerprint density at radius 1 is 1.04 bits per heavy atom. The van der Waals surface area contributed by atoms with E-state index in [1.807, 2.05) is 43.3 Å². The summed E-state index contributed by atoms with van der Waals surface area (Å²) < 4.78 is 9.97. The van der Waals surface area contributed by atoms with Gasteiger partial charge in [0, 0.05) is 22.5 Å². The number of benzene rings is 2. The first kappa shape index (κ1) is 15.8. The van der Waals surface area contributed by atoms with Gasteiger partial charge < -0.3 is 14.8 Å². The molecule has 0 spiro atoms. The fourth-order valence-corrected chi connectivity index (χ4v) is 2.54. The highest BCUT2D eigenvalue weighted by Crippen LogP contribution is 2.28. The summed E-state index contributed by atoms with van der Waals surface area (Å²) in [6.07, 6.45) is 0. The first-order chi connectivity index (χ1) is 11.6. The van der Waals surface area contributed by atoms with Crippen LogP contribution < -0.4 is 10.1 Å². The number of ether oxygens (including phenoxy) is 2. The highest BCUT2D eigenvalue weighted by Gasteiger charge is 2.10. The number of carbonyl (C=O) groups excluding carboxylic acids is 1. The smallest absolute Gasteiger partial charge is 0.337 e. The van der Waals surface area contributed by atoms with Crippen molar-refractivity contribution in [3.63, 3.8) is 0 Å². The zero-order valence-corrected chi connectivity index (χ0v) is 13.8. The van der Waals surface area contributed by atoms with E-state index >= 15 is 0 Å². The molecule has 0 bridgehead atoms. The number of hydrogen-bond acceptors (Lipinski definition) is 5. The quantitative estimate of drug-likeness (QED) is 0.733. The molecule has 0 amide bonds. The number of anilines is 2. The maximum Gasteiger partial charge on any atom is 0.337 e. The molecule has 1 heterocycles. The summed E-state index contributed by atoms with van der Waals surface area (Å²) >= 11 is 0. The molecule has 0 unspecified atom stereocenters. The van der Waals surface area contributed by atoms with Crippen molar-refractivity contribution in [2.45, 2.75) is 6.92 Å². The van der Waals surface area contributed by atoms with Crippen molar-refractivity contribution < 1.29 is 14.3 Å². The van der Waals surface area contributed by atoms with Gasteiger partial charge in [-0.1, -0.05) is 0 Å². The standard InChI is InChI=1S/C19H18N2O3/c1-12-10-18(21-14-5-7-15(23-2)8-6-14)16-11-13(19(22)24-3)4-9-17(16)20-12/h4-11H,1-3H3,(H,20,21). The van der Waals surface area contributed by atoms with Crippen LogP contribution in [0.1, 0.15) is 16.1 Å². The normalized spacial score (nSPS) is 10.5. The number of pyridine rings is 1. The summed E-state index contributed by atoms with van der Waals surface area (Å²) in [5, 5.41) is 4.24. The molecular weight excluding hydrogens is 304 g/mol. The molecule has 0 aliphatic carbocycles. The van der Waals surface area contributed by atoms with Crippen molar-refractivity contribution in [3.05, 3.63) is 59.8 Å². The summed E-state index contributed by atoms with van der Waals surface area (Å²) in [5.74, 6) is 0.428. The lowest BCUT2D eigenvalue weighted by molar-refractivity contribution is 0.0601. The fraction of sp³-hybridized carbons (Fsp3) is 0.158. The molecule has 3 rings (SSSR count). The highest BCUT2D eigenvalue weighted by molar-refractivity contribution is 5.99. The van der Waals surface area contributed by atoms with Crippen LogP contribution in [0.5, 0.6) is 5.75 Å². The second-order valence-corrected chi connectivity index (χ2v) is 5.39. The van der Waals surface area contributed by atoms with Gasteiger partial charge in [0.1, 0.15) is 5.75 Å². The highest BCUT2D eigenvalue weighted by atomic mass is 16.5. The molecule has 122 valence electrons. The third kappa shape index (κ3) is 3.15. The van der Waals surface area contributed by atoms with E-state index in [4.69, 9.17) is 9.47 Å². The van der Waals surface area contributed by atoms with E-state index in [-0.39, 0.29) is 5.97 Å².